The van der Waals surface area contributed by atoms with E-state index in [0.29, 0.717) is 6.54 Å². The Labute approximate surface area is 131 Å². The van der Waals surface area contributed by atoms with Crippen molar-refractivity contribution < 1.29 is 0 Å². The molecule has 0 amide bonds. The van der Waals surface area contributed by atoms with Crippen molar-refractivity contribution in [2.45, 2.75) is 33.7 Å². The summed E-state index contributed by atoms with van der Waals surface area (Å²) in [6.07, 6.45) is 0.860. The standard InChI is InChI=1S/C15H16BrN5/c1-4-13-18-14-9(2)7-10(3)17-15(14)21(13)8-11-5-6-12(16)20-19-11/h5-7H,4,8H2,1-3H3. The predicted molar refractivity (Wildman–Crippen MR) is 85.2 cm³/mol. The number of halogens is 1. The summed E-state index contributed by atoms with van der Waals surface area (Å²) >= 11 is 3.31. The molecule has 3 heterocycles. The van der Waals surface area contributed by atoms with E-state index in [0.717, 1.165) is 45.0 Å². The van der Waals surface area contributed by atoms with Crippen LogP contribution in [-0.2, 0) is 13.0 Å². The van der Waals surface area contributed by atoms with Gasteiger partial charge in [0.05, 0.1) is 12.2 Å². The van der Waals surface area contributed by atoms with E-state index in [1.807, 2.05) is 19.1 Å². The van der Waals surface area contributed by atoms with Crippen LogP contribution in [0.25, 0.3) is 11.2 Å². The molecule has 21 heavy (non-hydrogen) atoms. The van der Waals surface area contributed by atoms with Crippen molar-refractivity contribution in [2.24, 2.45) is 0 Å². The lowest BCUT2D eigenvalue weighted by molar-refractivity contribution is 0.714. The van der Waals surface area contributed by atoms with Crippen LogP contribution in [0.15, 0.2) is 22.8 Å². The Kier molecular flexibility index (Phi) is 3.71. The first-order valence-electron chi connectivity index (χ1n) is 6.90. The first-order chi connectivity index (χ1) is 10.1. The Bertz CT molecular complexity index is 792. The molecule has 3 aromatic heterocycles. The molecule has 0 fully saturated rings. The number of aryl methyl sites for hydroxylation is 3. The Balaban J connectivity index is 2.13. The molecule has 6 heteroatoms. The average molecular weight is 346 g/mol. The van der Waals surface area contributed by atoms with Crippen LogP contribution < -0.4 is 0 Å². The number of aromatic nitrogens is 5. The van der Waals surface area contributed by atoms with Gasteiger partial charge in [-0.05, 0) is 53.5 Å². The summed E-state index contributed by atoms with van der Waals surface area (Å²) in [7, 11) is 0. The molecule has 0 atom stereocenters. The molecule has 0 unspecified atom stereocenters. The Hall–Kier alpha value is -1.82. The average Bonchev–Trinajstić information content (AvgIpc) is 2.80. The Morgan fingerprint density at radius 3 is 2.62 bits per heavy atom. The van der Waals surface area contributed by atoms with Crippen molar-refractivity contribution in [3.8, 4) is 0 Å². The highest BCUT2D eigenvalue weighted by Crippen LogP contribution is 2.20. The number of nitrogens with zero attached hydrogens (tertiary/aromatic N) is 5. The minimum absolute atomic E-state index is 0.635. The van der Waals surface area contributed by atoms with Gasteiger partial charge >= 0.3 is 0 Å². The van der Waals surface area contributed by atoms with Gasteiger partial charge in [0.25, 0.3) is 0 Å². The SMILES string of the molecule is CCc1nc2c(C)cc(C)nc2n1Cc1ccc(Br)nn1. The fraction of sp³-hybridized carbons (Fsp3) is 0.333. The zero-order chi connectivity index (χ0) is 15.0. The van der Waals surface area contributed by atoms with Crippen LogP contribution in [-0.4, -0.2) is 24.7 Å². The zero-order valence-corrected chi connectivity index (χ0v) is 13.8. The van der Waals surface area contributed by atoms with E-state index in [1.165, 1.54) is 0 Å². The molecule has 108 valence electrons. The molecule has 0 N–H and O–H groups in total. The largest absolute Gasteiger partial charge is 0.307 e. The zero-order valence-electron chi connectivity index (χ0n) is 12.3. The van der Waals surface area contributed by atoms with Crippen LogP contribution in [0.1, 0.15) is 29.7 Å². The van der Waals surface area contributed by atoms with Crippen molar-refractivity contribution in [3.05, 3.63) is 45.6 Å². The molecule has 0 aromatic carbocycles. The first kappa shape index (κ1) is 14.1. The minimum Gasteiger partial charge on any atom is -0.307 e. The van der Waals surface area contributed by atoms with Gasteiger partial charge in [0.2, 0.25) is 0 Å². The van der Waals surface area contributed by atoms with Gasteiger partial charge < -0.3 is 4.57 Å². The number of pyridine rings is 1. The maximum atomic E-state index is 4.73. The number of hydrogen-bond acceptors (Lipinski definition) is 4. The lowest BCUT2D eigenvalue weighted by Gasteiger charge is -2.07. The van der Waals surface area contributed by atoms with E-state index in [4.69, 9.17) is 4.98 Å². The first-order valence-corrected chi connectivity index (χ1v) is 7.69. The molecule has 3 rings (SSSR count). The summed E-state index contributed by atoms with van der Waals surface area (Å²) in [6, 6.07) is 5.93. The van der Waals surface area contributed by atoms with E-state index in [2.05, 4.69) is 55.6 Å². The molecule has 5 nitrogen and oxygen atoms in total. The molecule has 0 aliphatic rings. The molecule has 0 bridgehead atoms. The predicted octanol–water partition coefficient (Wildman–Crippen LogP) is 3.21. The van der Waals surface area contributed by atoms with Crippen molar-refractivity contribution >= 4 is 27.1 Å². The molecule has 0 saturated heterocycles. The third-order valence-electron chi connectivity index (χ3n) is 3.42. The van der Waals surface area contributed by atoms with Crippen molar-refractivity contribution in [2.75, 3.05) is 0 Å². The molecule has 0 saturated carbocycles. The number of imidazole rings is 1. The fourth-order valence-electron chi connectivity index (χ4n) is 2.47. The number of fused-ring (bicyclic) bond motifs is 1. The second kappa shape index (κ2) is 5.52. The van der Waals surface area contributed by atoms with Crippen LogP contribution in [0.2, 0.25) is 0 Å². The minimum atomic E-state index is 0.635. The maximum absolute atomic E-state index is 4.73. The summed E-state index contributed by atoms with van der Waals surface area (Å²) in [5.74, 6) is 1.02. The van der Waals surface area contributed by atoms with E-state index >= 15 is 0 Å². The lowest BCUT2D eigenvalue weighted by atomic mass is 10.2. The normalized spacial score (nSPS) is 11.2. The van der Waals surface area contributed by atoms with Gasteiger partial charge in [-0.15, -0.1) is 5.10 Å². The highest BCUT2D eigenvalue weighted by atomic mass is 79.9. The molecular formula is C15H16BrN5. The van der Waals surface area contributed by atoms with Crippen LogP contribution in [0.3, 0.4) is 0 Å². The number of rotatable bonds is 3. The Morgan fingerprint density at radius 1 is 1.14 bits per heavy atom. The summed E-state index contributed by atoms with van der Waals surface area (Å²) in [6.45, 7) is 6.82. The van der Waals surface area contributed by atoms with E-state index < -0.39 is 0 Å². The molecule has 3 aromatic rings. The third-order valence-corrected chi connectivity index (χ3v) is 3.85. The topological polar surface area (TPSA) is 56.5 Å². The monoisotopic (exact) mass is 345 g/mol. The Morgan fingerprint density at radius 2 is 1.95 bits per heavy atom. The summed E-state index contributed by atoms with van der Waals surface area (Å²) < 4.78 is 2.87. The summed E-state index contributed by atoms with van der Waals surface area (Å²) in [5.41, 5.74) is 4.96. The lowest BCUT2D eigenvalue weighted by Crippen LogP contribution is -2.07. The molecule has 0 spiro atoms. The van der Waals surface area contributed by atoms with Crippen LogP contribution in [0.5, 0.6) is 0 Å². The van der Waals surface area contributed by atoms with Gasteiger partial charge in [-0.25, -0.2) is 9.97 Å². The second-order valence-electron chi connectivity index (χ2n) is 5.07. The van der Waals surface area contributed by atoms with Gasteiger partial charge in [-0.2, -0.15) is 5.10 Å². The smallest absolute Gasteiger partial charge is 0.160 e. The molecular weight excluding hydrogens is 330 g/mol. The summed E-state index contributed by atoms with van der Waals surface area (Å²) in [4.78, 5) is 9.39. The van der Waals surface area contributed by atoms with E-state index in [-0.39, 0.29) is 0 Å². The molecule has 0 aliphatic heterocycles. The van der Waals surface area contributed by atoms with Gasteiger partial charge in [0, 0.05) is 12.1 Å². The van der Waals surface area contributed by atoms with Gasteiger partial charge in [-0.1, -0.05) is 6.92 Å². The van der Waals surface area contributed by atoms with Gasteiger partial charge in [-0.3, -0.25) is 0 Å². The van der Waals surface area contributed by atoms with Crippen molar-refractivity contribution in [1.82, 2.24) is 24.7 Å². The quantitative estimate of drug-likeness (QED) is 0.731. The van der Waals surface area contributed by atoms with Gasteiger partial charge in [0.15, 0.2) is 5.65 Å². The third kappa shape index (κ3) is 2.68. The van der Waals surface area contributed by atoms with E-state index in [9.17, 15) is 0 Å². The molecule has 0 aliphatic carbocycles. The molecule has 0 radical (unpaired) electrons. The van der Waals surface area contributed by atoms with Crippen molar-refractivity contribution in [3.63, 3.8) is 0 Å². The van der Waals surface area contributed by atoms with Crippen molar-refractivity contribution in [1.29, 1.82) is 0 Å². The fourth-order valence-corrected chi connectivity index (χ4v) is 2.69. The highest BCUT2D eigenvalue weighted by molar-refractivity contribution is 9.10. The highest BCUT2D eigenvalue weighted by Gasteiger charge is 2.14. The van der Waals surface area contributed by atoms with Crippen LogP contribution in [0, 0.1) is 13.8 Å². The van der Waals surface area contributed by atoms with Crippen LogP contribution >= 0.6 is 15.9 Å². The van der Waals surface area contributed by atoms with Gasteiger partial charge in [0.1, 0.15) is 15.9 Å². The second-order valence-corrected chi connectivity index (χ2v) is 5.88. The summed E-state index contributed by atoms with van der Waals surface area (Å²) in [5, 5.41) is 8.25. The van der Waals surface area contributed by atoms with Crippen LogP contribution in [0.4, 0.5) is 0 Å². The van der Waals surface area contributed by atoms with E-state index in [1.54, 1.807) is 0 Å². The number of hydrogen-bond donors (Lipinski definition) is 0. The maximum Gasteiger partial charge on any atom is 0.160 e.